The van der Waals surface area contributed by atoms with Crippen LogP contribution in [0.4, 0.5) is 11.5 Å². The van der Waals surface area contributed by atoms with Crippen LogP contribution in [0.2, 0.25) is 5.15 Å². The monoisotopic (exact) mass is 253 g/mol. The summed E-state index contributed by atoms with van der Waals surface area (Å²) in [5.74, 6) is 1.65. The third-order valence-electron chi connectivity index (χ3n) is 3.53. The molecule has 17 heavy (non-hydrogen) atoms. The molecule has 1 heterocycles. The van der Waals surface area contributed by atoms with Gasteiger partial charge >= 0.3 is 0 Å². The van der Waals surface area contributed by atoms with Crippen molar-refractivity contribution >= 4 is 23.1 Å². The van der Waals surface area contributed by atoms with E-state index >= 15 is 0 Å². The van der Waals surface area contributed by atoms with Gasteiger partial charge in [-0.05, 0) is 24.8 Å². The minimum Gasteiger partial charge on any atom is -0.399 e. The summed E-state index contributed by atoms with van der Waals surface area (Å²) in [4.78, 5) is 4.25. The maximum atomic E-state index is 5.89. The van der Waals surface area contributed by atoms with Gasteiger partial charge in [0.2, 0.25) is 0 Å². The first-order valence-corrected chi connectivity index (χ1v) is 6.74. The zero-order valence-corrected chi connectivity index (χ0v) is 11.0. The van der Waals surface area contributed by atoms with Crippen LogP contribution in [0, 0.1) is 5.92 Å². The Hall–Kier alpha value is -0.960. The van der Waals surface area contributed by atoms with Crippen molar-refractivity contribution in [3.63, 3.8) is 0 Å². The molecular weight excluding hydrogens is 234 g/mol. The van der Waals surface area contributed by atoms with Crippen LogP contribution in [-0.4, -0.2) is 11.0 Å². The lowest BCUT2D eigenvalue weighted by Crippen LogP contribution is -2.27. The lowest BCUT2D eigenvalue weighted by atomic mass is 9.84. The van der Waals surface area contributed by atoms with Gasteiger partial charge in [-0.2, -0.15) is 0 Å². The summed E-state index contributed by atoms with van der Waals surface area (Å²) in [6.07, 6.45) is 6.37. The normalized spacial score (nSPS) is 24.6. The number of aromatic nitrogens is 1. The number of nitrogens with one attached hydrogen (secondary N) is 1. The van der Waals surface area contributed by atoms with Crippen molar-refractivity contribution < 1.29 is 0 Å². The van der Waals surface area contributed by atoms with Gasteiger partial charge in [0.15, 0.2) is 0 Å². The zero-order chi connectivity index (χ0) is 12.3. The molecule has 0 amide bonds. The van der Waals surface area contributed by atoms with Crippen molar-refractivity contribution in [2.45, 2.75) is 45.1 Å². The Morgan fingerprint density at radius 2 is 2.29 bits per heavy atom. The first-order chi connectivity index (χ1) is 8.17. The number of halogens is 1. The quantitative estimate of drug-likeness (QED) is 0.808. The molecule has 1 aromatic heterocycles. The molecule has 2 rings (SSSR count). The highest BCUT2D eigenvalue weighted by Gasteiger charge is 2.20. The van der Waals surface area contributed by atoms with Crippen LogP contribution in [0.3, 0.4) is 0 Å². The molecule has 3 nitrogen and oxygen atoms in total. The number of pyridine rings is 1. The molecule has 1 aromatic rings. The van der Waals surface area contributed by atoms with Gasteiger partial charge in [0.05, 0.1) is 0 Å². The Labute approximate surface area is 108 Å². The molecule has 1 saturated carbocycles. The van der Waals surface area contributed by atoms with E-state index in [2.05, 4.69) is 17.2 Å². The number of anilines is 2. The molecule has 1 aliphatic rings. The number of nitrogens with zero attached hydrogens (tertiary/aromatic N) is 1. The minimum atomic E-state index is 0.454. The van der Waals surface area contributed by atoms with Crippen molar-refractivity contribution in [2.75, 3.05) is 11.1 Å². The van der Waals surface area contributed by atoms with Crippen LogP contribution < -0.4 is 11.1 Å². The average molecular weight is 254 g/mol. The molecule has 0 saturated heterocycles. The summed E-state index contributed by atoms with van der Waals surface area (Å²) in [5, 5.41) is 3.91. The maximum absolute atomic E-state index is 5.89. The highest BCUT2D eigenvalue weighted by molar-refractivity contribution is 6.29. The first-order valence-electron chi connectivity index (χ1n) is 6.37. The van der Waals surface area contributed by atoms with E-state index in [-0.39, 0.29) is 0 Å². The van der Waals surface area contributed by atoms with E-state index in [0.29, 0.717) is 16.9 Å². The van der Waals surface area contributed by atoms with Crippen molar-refractivity contribution in [1.82, 2.24) is 4.98 Å². The Kier molecular flexibility index (Phi) is 4.11. The predicted molar refractivity (Wildman–Crippen MR) is 73.3 cm³/mol. The molecule has 0 aliphatic heterocycles. The fourth-order valence-electron chi connectivity index (χ4n) is 2.59. The maximum Gasteiger partial charge on any atom is 0.133 e. The standard InChI is InChI=1S/C13H20ClN3/c1-2-9-4-3-5-11(6-9)16-13-8-10(15)7-12(14)17-13/h7-9,11H,2-6H2,1H3,(H3,15,16,17). The molecule has 4 heteroatoms. The van der Waals surface area contributed by atoms with Crippen molar-refractivity contribution in [3.05, 3.63) is 17.3 Å². The molecule has 0 spiro atoms. The van der Waals surface area contributed by atoms with Gasteiger partial charge in [0.25, 0.3) is 0 Å². The summed E-state index contributed by atoms with van der Waals surface area (Å²) in [6, 6.07) is 4.03. The van der Waals surface area contributed by atoms with E-state index in [9.17, 15) is 0 Å². The van der Waals surface area contributed by atoms with Gasteiger partial charge in [-0.15, -0.1) is 0 Å². The highest BCUT2D eigenvalue weighted by Crippen LogP contribution is 2.28. The van der Waals surface area contributed by atoms with Crippen LogP contribution in [0.5, 0.6) is 0 Å². The third kappa shape index (κ3) is 3.50. The lowest BCUT2D eigenvalue weighted by Gasteiger charge is -2.29. The average Bonchev–Trinajstić information content (AvgIpc) is 2.28. The van der Waals surface area contributed by atoms with E-state index in [1.165, 1.54) is 32.1 Å². The van der Waals surface area contributed by atoms with Crippen molar-refractivity contribution in [2.24, 2.45) is 5.92 Å². The van der Waals surface area contributed by atoms with Gasteiger partial charge in [-0.3, -0.25) is 0 Å². The van der Waals surface area contributed by atoms with Crippen LogP contribution in [0.1, 0.15) is 39.0 Å². The van der Waals surface area contributed by atoms with Gasteiger partial charge in [-0.25, -0.2) is 4.98 Å². The summed E-state index contributed by atoms with van der Waals surface area (Å²) < 4.78 is 0. The van der Waals surface area contributed by atoms with Crippen LogP contribution in [0.15, 0.2) is 12.1 Å². The van der Waals surface area contributed by atoms with Crippen LogP contribution >= 0.6 is 11.6 Å². The van der Waals surface area contributed by atoms with Crippen molar-refractivity contribution in [3.8, 4) is 0 Å². The molecule has 1 fully saturated rings. The van der Waals surface area contributed by atoms with Gasteiger partial charge < -0.3 is 11.1 Å². The van der Waals surface area contributed by atoms with Crippen LogP contribution in [-0.2, 0) is 0 Å². The van der Waals surface area contributed by atoms with E-state index < -0.39 is 0 Å². The fourth-order valence-corrected chi connectivity index (χ4v) is 2.81. The number of hydrogen-bond donors (Lipinski definition) is 2. The van der Waals surface area contributed by atoms with Gasteiger partial charge in [0.1, 0.15) is 11.0 Å². The summed E-state index contributed by atoms with van der Waals surface area (Å²) in [6.45, 7) is 2.27. The molecule has 0 aromatic carbocycles. The van der Waals surface area contributed by atoms with Gasteiger partial charge in [0, 0.05) is 17.8 Å². The Morgan fingerprint density at radius 3 is 3.00 bits per heavy atom. The Morgan fingerprint density at radius 1 is 1.47 bits per heavy atom. The lowest BCUT2D eigenvalue weighted by molar-refractivity contribution is 0.327. The predicted octanol–water partition coefficient (Wildman–Crippen LogP) is 3.70. The number of hydrogen-bond acceptors (Lipinski definition) is 3. The highest BCUT2D eigenvalue weighted by atomic mass is 35.5. The number of nitrogens with two attached hydrogens (primary N) is 1. The van der Waals surface area contributed by atoms with E-state index in [0.717, 1.165) is 11.7 Å². The van der Waals surface area contributed by atoms with E-state index in [4.69, 9.17) is 17.3 Å². The molecular formula is C13H20ClN3. The summed E-state index contributed by atoms with van der Waals surface area (Å²) in [7, 11) is 0. The van der Waals surface area contributed by atoms with E-state index in [1.54, 1.807) is 6.07 Å². The molecule has 2 unspecified atom stereocenters. The number of rotatable bonds is 3. The first kappa shape index (κ1) is 12.5. The molecule has 3 N–H and O–H groups in total. The van der Waals surface area contributed by atoms with Crippen LogP contribution in [0.25, 0.3) is 0 Å². The second kappa shape index (κ2) is 5.58. The van der Waals surface area contributed by atoms with E-state index in [1.807, 2.05) is 6.07 Å². The second-order valence-electron chi connectivity index (χ2n) is 4.89. The Balaban J connectivity index is 2.00. The largest absolute Gasteiger partial charge is 0.399 e. The smallest absolute Gasteiger partial charge is 0.133 e. The molecule has 0 radical (unpaired) electrons. The fraction of sp³-hybridized carbons (Fsp3) is 0.615. The zero-order valence-electron chi connectivity index (χ0n) is 10.2. The second-order valence-corrected chi connectivity index (χ2v) is 5.28. The minimum absolute atomic E-state index is 0.454. The molecule has 94 valence electrons. The number of nitrogen functional groups attached to an aromatic ring is 1. The summed E-state index contributed by atoms with van der Waals surface area (Å²) in [5.41, 5.74) is 6.42. The van der Waals surface area contributed by atoms with Crippen molar-refractivity contribution in [1.29, 1.82) is 0 Å². The van der Waals surface area contributed by atoms with Gasteiger partial charge in [-0.1, -0.05) is 37.8 Å². The SMILES string of the molecule is CCC1CCCC(Nc2cc(N)cc(Cl)n2)C1. The molecule has 2 atom stereocenters. The Bertz CT molecular complexity index is 361. The topological polar surface area (TPSA) is 50.9 Å². The third-order valence-corrected chi connectivity index (χ3v) is 3.72. The summed E-state index contributed by atoms with van der Waals surface area (Å²) >= 11 is 5.89. The molecule has 0 bridgehead atoms. The molecule has 1 aliphatic carbocycles.